The van der Waals surface area contributed by atoms with E-state index in [1.54, 1.807) is 0 Å². The van der Waals surface area contributed by atoms with Crippen molar-refractivity contribution < 1.29 is 14.6 Å². The number of β-amino-alcohol motifs (C(OH)–C–C–N with tert-alkyl or cyclic N) is 1. The Bertz CT molecular complexity index is 251. The van der Waals surface area contributed by atoms with Crippen LogP contribution in [-0.4, -0.2) is 48.3 Å². The molecule has 2 saturated heterocycles. The van der Waals surface area contributed by atoms with Gasteiger partial charge in [-0.25, -0.2) is 0 Å². The second-order valence-corrected chi connectivity index (χ2v) is 5.02. The van der Waals surface area contributed by atoms with E-state index >= 15 is 0 Å². The molecule has 92 valence electrons. The first-order valence-electron chi connectivity index (χ1n) is 6.23. The summed E-state index contributed by atoms with van der Waals surface area (Å²) in [4.78, 5) is 13.7. The van der Waals surface area contributed by atoms with E-state index in [9.17, 15) is 9.90 Å². The van der Waals surface area contributed by atoms with Gasteiger partial charge in [-0.05, 0) is 19.3 Å². The Hall–Kier alpha value is -0.610. The highest BCUT2D eigenvalue weighted by Crippen LogP contribution is 2.21. The third kappa shape index (κ3) is 2.55. The maximum atomic E-state index is 11.9. The van der Waals surface area contributed by atoms with Crippen LogP contribution < -0.4 is 0 Å². The van der Waals surface area contributed by atoms with Crippen molar-refractivity contribution in [3.63, 3.8) is 0 Å². The number of carbonyl (C=O) groups excluding carboxylic acids is 1. The zero-order valence-electron chi connectivity index (χ0n) is 9.89. The summed E-state index contributed by atoms with van der Waals surface area (Å²) < 4.78 is 5.25. The quantitative estimate of drug-likeness (QED) is 0.770. The monoisotopic (exact) mass is 227 g/mol. The van der Waals surface area contributed by atoms with E-state index in [1.807, 2.05) is 11.8 Å². The highest BCUT2D eigenvalue weighted by Gasteiger charge is 2.30. The summed E-state index contributed by atoms with van der Waals surface area (Å²) in [7, 11) is 0. The summed E-state index contributed by atoms with van der Waals surface area (Å²) in [6.45, 7) is 4.63. The van der Waals surface area contributed by atoms with Crippen molar-refractivity contribution in [1.82, 2.24) is 4.90 Å². The summed E-state index contributed by atoms with van der Waals surface area (Å²) >= 11 is 0. The molecular weight excluding hydrogens is 206 g/mol. The van der Waals surface area contributed by atoms with E-state index in [-0.39, 0.29) is 17.7 Å². The number of hydrogen-bond donors (Lipinski definition) is 1. The first-order valence-corrected chi connectivity index (χ1v) is 6.23. The SMILES string of the molecule is CC1CCCN(CC(O)C2CCOC2)C1=O. The standard InChI is InChI=1S/C12H21NO3/c1-9-3-2-5-13(12(9)15)7-11(14)10-4-6-16-8-10/h9-11,14H,2-8H2,1H3. The van der Waals surface area contributed by atoms with Crippen molar-refractivity contribution in [3.05, 3.63) is 0 Å². The number of aliphatic hydroxyl groups excluding tert-OH is 1. The predicted octanol–water partition coefficient (Wildman–Crippen LogP) is 0.642. The molecule has 0 bridgehead atoms. The van der Waals surface area contributed by atoms with Gasteiger partial charge in [0, 0.05) is 31.5 Å². The van der Waals surface area contributed by atoms with Gasteiger partial charge in [0.2, 0.25) is 5.91 Å². The first-order chi connectivity index (χ1) is 7.68. The first kappa shape index (κ1) is 11.9. The third-order valence-corrected chi connectivity index (χ3v) is 3.71. The Morgan fingerprint density at radius 2 is 2.38 bits per heavy atom. The van der Waals surface area contributed by atoms with Gasteiger partial charge in [0.15, 0.2) is 0 Å². The Balaban J connectivity index is 1.85. The van der Waals surface area contributed by atoms with Gasteiger partial charge in [-0.2, -0.15) is 0 Å². The Kier molecular flexibility index (Phi) is 3.82. The van der Waals surface area contributed by atoms with Crippen molar-refractivity contribution in [2.45, 2.75) is 32.3 Å². The van der Waals surface area contributed by atoms with Crippen LogP contribution in [0.15, 0.2) is 0 Å². The van der Waals surface area contributed by atoms with Crippen LogP contribution >= 0.6 is 0 Å². The molecule has 16 heavy (non-hydrogen) atoms. The second-order valence-electron chi connectivity index (χ2n) is 5.02. The smallest absolute Gasteiger partial charge is 0.225 e. The lowest BCUT2D eigenvalue weighted by Gasteiger charge is -2.33. The minimum atomic E-state index is -0.420. The molecule has 2 aliphatic heterocycles. The van der Waals surface area contributed by atoms with Gasteiger partial charge >= 0.3 is 0 Å². The normalized spacial score (nSPS) is 33.1. The second kappa shape index (κ2) is 5.15. The molecule has 0 saturated carbocycles. The summed E-state index contributed by atoms with van der Waals surface area (Å²) in [5.74, 6) is 0.537. The number of amides is 1. The number of likely N-dealkylation sites (tertiary alicyclic amines) is 1. The minimum Gasteiger partial charge on any atom is -0.391 e. The molecule has 1 N–H and O–H groups in total. The van der Waals surface area contributed by atoms with Gasteiger partial charge in [0.05, 0.1) is 12.7 Å². The Morgan fingerprint density at radius 3 is 3.06 bits per heavy atom. The maximum Gasteiger partial charge on any atom is 0.225 e. The molecule has 1 amide bonds. The van der Waals surface area contributed by atoms with Crippen LogP contribution in [0.3, 0.4) is 0 Å². The van der Waals surface area contributed by atoms with Crippen LogP contribution in [-0.2, 0) is 9.53 Å². The Labute approximate surface area is 96.6 Å². The van der Waals surface area contributed by atoms with E-state index in [2.05, 4.69) is 0 Å². The molecule has 4 heteroatoms. The lowest BCUT2D eigenvalue weighted by Crippen LogP contribution is -2.45. The predicted molar refractivity (Wildman–Crippen MR) is 59.9 cm³/mol. The van der Waals surface area contributed by atoms with Gasteiger partial charge in [-0.1, -0.05) is 6.92 Å². The highest BCUT2D eigenvalue weighted by molar-refractivity contribution is 5.79. The van der Waals surface area contributed by atoms with E-state index in [0.717, 1.165) is 32.4 Å². The molecule has 0 aromatic rings. The summed E-state index contributed by atoms with van der Waals surface area (Å²) in [6.07, 6.45) is 2.54. The van der Waals surface area contributed by atoms with E-state index in [4.69, 9.17) is 4.74 Å². The number of hydrogen-bond acceptors (Lipinski definition) is 3. The fraction of sp³-hybridized carbons (Fsp3) is 0.917. The summed E-state index contributed by atoms with van der Waals surface area (Å²) in [5, 5.41) is 10.0. The van der Waals surface area contributed by atoms with Crippen LogP contribution in [0, 0.1) is 11.8 Å². The van der Waals surface area contributed by atoms with Crippen molar-refractivity contribution in [3.8, 4) is 0 Å². The van der Waals surface area contributed by atoms with E-state index in [1.165, 1.54) is 0 Å². The number of nitrogens with zero attached hydrogens (tertiary/aromatic N) is 1. The number of piperidine rings is 1. The van der Waals surface area contributed by atoms with Gasteiger partial charge in [-0.15, -0.1) is 0 Å². The van der Waals surface area contributed by atoms with Crippen LogP contribution in [0.5, 0.6) is 0 Å². The van der Waals surface area contributed by atoms with Crippen LogP contribution in [0.25, 0.3) is 0 Å². The largest absolute Gasteiger partial charge is 0.391 e. The lowest BCUT2D eigenvalue weighted by molar-refractivity contribution is -0.139. The molecule has 2 aliphatic rings. The molecule has 4 nitrogen and oxygen atoms in total. The summed E-state index contributed by atoms with van der Waals surface area (Å²) in [6, 6.07) is 0. The van der Waals surface area contributed by atoms with Crippen molar-refractivity contribution >= 4 is 5.91 Å². The van der Waals surface area contributed by atoms with E-state index in [0.29, 0.717) is 13.2 Å². The summed E-state index contributed by atoms with van der Waals surface area (Å²) in [5.41, 5.74) is 0. The minimum absolute atomic E-state index is 0.126. The van der Waals surface area contributed by atoms with Crippen molar-refractivity contribution in [1.29, 1.82) is 0 Å². The van der Waals surface area contributed by atoms with Crippen molar-refractivity contribution in [2.24, 2.45) is 11.8 Å². The molecule has 2 fully saturated rings. The molecular formula is C12H21NO3. The molecule has 0 spiro atoms. The van der Waals surface area contributed by atoms with Gasteiger partial charge in [0.25, 0.3) is 0 Å². The number of ether oxygens (including phenoxy) is 1. The zero-order valence-corrected chi connectivity index (χ0v) is 9.89. The molecule has 2 rings (SSSR count). The average Bonchev–Trinajstić information content (AvgIpc) is 2.78. The molecule has 0 aliphatic carbocycles. The highest BCUT2D eigenvalue weighted by atomic mass is 16.5. The lowest BCUT2D eigenvalue weighted by atomic mass is 9.96. The topological polar surface area (TPSA) is 49.8 Å². The maximum absolute atomic E-state index is 11.9. The number of carbonyl (C=O) groups is 1. The van der Waals surface area contributed by atoms with Crippen molar-refractivity contribution in [2.75, 3.05) is 26.3 Å². The van der Waals surface area contributed by atoms with Gasteiger partial charge in [0.1, 0.15) is 0 Å². The van der Waals surface area contributed by atoms with Crippen LogP contribution in [0.4, 0.5) is 0 Å². The van der Waals surface area contributed by atoms with E-state index < -0.39 is 6.10 Å². The van der Waals surface area contributed by atoms with Crippen LogP contribution in [0.2, 0.25) is 0 Å². The third-order valence-electron chi connectivity index (χ3n) is 3.71. The number of rotatable bonds is 3. The molecule has 0 aromatic heterocycles. The molecule has 3 unspecified atom stereocenters. The van der Waals surface area contributed by atoms with Gasteiger partial charge < -0.3 is 14.7 Å². The fourth-order valence-electron chi connectivity index (χ4n) is 2.55. The fourth-order valence-corrected chi connectivity index (χ4v) is 2.55. The van der Waals surface area contributed by atoms with Crippen LogP contribution in [0.1, 0.15) is 26.2 Å². The molecule has 0 aromatic carbocycles. The molecule has 3 atom stereocenters. The van der Waals surface area contributed by atoms with Gasteiger partial charge in [-0.3, -0.25) is 4.79 Å². The molecule has 2 heterocycles. The molecule has 0 radical (unpaired) electrons. The average molecular weight is 227 g/mol. The number of aliphatic hydroxyl groups is 1. The zero-order chi connectivity index (χ0) is 11.5. The Morgan fingerprint density at radius 1 is 1.56 bits per heavy atom.